The van der Waals surface area contributed by atoms with Crippen LogP contribution < -0.4 is 5.32 Å². The van der Waals surface area contributed by atoms with E-state index in [9.17, 15) is 14.3 Å². The van der Waals surface area contributed by atoms with Crippen LogP contribution in [0.5, 0.6) is 0 Å². The molecule has 0 aromatic heterocycles. The molecule has 1 amide bonds. The first kappa shape index (κ1) is 20.4. The van der Waals surface area contributed by atoms with Gasteiger partial charge in [0.25, 0.3) is 0 Å². The predicted octanol–water partition coefficient (Wildman–Crippen LogP) is 2.50. The van der Waals surface area contributed by atoms with Crippen molar-refractivity contribution in [2.24, 2.45) is 5.92 Å². The number of carbonyl (C=O) groups excluding carboxylic acids is 1. The molecule has 0 unspecified atom stereocenters. The van der Waals surface area contributed by atoms with Gasteiger partial charge in [-0.05, 0) is 47.4 Å². The van der Waals surface area contributed by atoms with Gasteiger partial charge in [0.2, 0.25) is 5.91 Å². The molecule has 2 fully saturated rings. The summed E-state index contributed by atoms with van der Waals surface area (Å²) in [6, 6.07) is 12.5. The van der Waals surface area contributed by atoms with Gasteiger partial charge < -0.3 is 20.1 Å². The second-order valence-corrected chi connectivity index (χ2v) is 8.62. The van der Waals surface area contributed by atoms with Gasteiger partial charge in [0, 0.05) is 31.2 Å². The van der Waals surface area contributed by atoms with Crippen molar-refractivity contribution in [1.29, 1.82) is 0 Å². The number of anilines is 1. The number of ether oxygens (including phenoxy) is 1. The molecule has 0 radical (unpaired) electrons. The molecule has 3 atom stereocenters. The number of morpholine rings is 1. The monoisotopic (exact) mass is 425 g/mol. The molecule has 5 rings (SSSR count). The van der Waals surface area contributed by atoms with E-state index in [0.717, 1.165) is 41.9 Å². The second-order valence-electron chi connectivity index (χ2n) is 8.62. The third-order valence-electron chi connectivity index (χ3n) is 6.83. The van der Waals surface area contributed by atoms with E-state index in [1.807, 2.05) is 17.0 Å². The number of amides is 1. The fraction of sp³-hybridized carbons (Fsp3) is 0.458. The number of nitrogens with one attached hydrogen (secondary N) is 1. The van der Waals surface area contributed by atoms with Crippen LogP contribution in [0.1, 0.15) is 18.0 Å². The molecule has 2 saturated heterocycles. The second kappa shape index (κ2) is 8.57. The Hall–Kier alpha value is -2.48. The lowest BCUT2D eigenvalue weighted by Crippen LogP contribution is -2.47. The molecule has 0 aliphatic carbocycles. The summed E-state index contributed by atoms with van der Waals surface area (Å²) in [6.07, 6.45) is 0.859. The van der Waals surface area contributed by atoms with Gasteiger partial charge in [-0.3, -0.25) is 9.69 Å². The number of fused-ring (bicyclic) bond motifs is 3. The molecule has 0 saturated carbocycles. The summed E-state index contributed by atoms with van der Waals surface area (Å²) in [5, 5.41) is 13.5. The summed E-state index contributed by atoms with van der Waals surface area (Å²) in [6.45, 7) is 4.01. The first-order chi connectivity index (χ1) is 15.1. The Bertz CT molecular complexity index is 946. The normalized spacial score (nSPS) is 25.6. The Morgan fingerprint density at radius 2 is 1.84 bits per heavy atom. The van der Waals surface area contributed by atoms with Gasteiger partial charge in [-0.25, -0.2) is 4.39 Å². The first-order valence-corrected chi connectivity index (χ1v) is 11.0. The lowest BCUT2D eigenvalue weighted by Gasteiger charge is -2.40. The Morgan fingerprint density at radius 3 is 2.58 bits per heavy atom. The van der Waals surface area contributed by atoms with Crippen LogP contribution in [0.2, 0.25) is 0 Å². The molecular formula is C24H28FN3O3. The predicted molar refractivity (Wildman–Crippen MR) is 116 cm³/mol. The van der Waals surface area contributed by atoms with Crippen molar-refractivity contribution in [1.82, 2.24) is 9.80 Å². The van der Waals surface area contributed by atoms with E-state index in [2.05, 4.69) is 16.3 Å². The topological polar surface area (TPSA) is 65.0 Å². The number of aliphatic hydroxyl groups excluding tert-OH is 1. The average Bonchev–Trinajstić information content (AvgIpc) is 3.25. The van der Waals surface area contributed by atoms with Crippen LogP contribution >= 0.6 is 0 Å². The molecule has 0 bridgehead atoms. The lowest BCUT2D eigenvalue weighted by molar-refractivity contribution is -0.134. The molecule has 3 aliphatic rings. The summed E-state index contributed by atoms with van der Waals surface area (Å²) < 4.78 is 18.8. The van der Waals surface area contributed by atoms with E-state index in [0.29, 0.717) is 26.3 Å². The summed E-state index contributed by atoms with van der Waals surface area (Å²) >= 11 is 0. The molecule has 31 heavy (non-hydrogen) atoms. The Kier molecular flexibility index (Phi) is 5.65. The van der Waals surface area contributed by atoms with Crippen LogP contribution in [0.3, 0.4) is 0 Å². The minimum atomic E-state index is -0.259. The third kappa shape index (κ3) is 3.93. The average molecular weight is 426 g/mol. The van der Waals surface area contributed by atoms with Crippen molar-refractivity contribution < 1.29 is 19.0 Å². The quantitative estimate of drug-likeness (QED) is 0.788. The number of benzene rings is 2. The summed E-state index contributed by atoms with van der Waals surface area (Å²) in [5.74, 6) is 0.0330. The van der Waals surface area contributed by atoms with E-state index in [1.54, 1.807) is 12.1 Å². The standard InChI is InChI=1S/C24H28FN3O3/c25-18-4-1-16(2-5-18)17-3-6-21-20(13-17)24-19(22(15-29)26-21)7-8-28(24)23(30)14-27-9-11-31-12-10-27/h1-6,13,19,22,24,26,29H,7-12,14-15H2/t19-,22-,24-/m1/s1. The zero-order valence-electron chi connectivity index (χ0n) is 17.5. The van der Waals surface area contributed by atoms with Crippen molar-refractivity contribution in [3.63, 3.8) is 0 Å². The molecule has 6 nitrogen and oxygen atoms in total. The first-order valence-electron chi connectivity index (χ1n) is 11.0. The molecule has 7 heteroatoms. The Labute approximate surface area is 181 Å². The fourth-order valence-corrected chi connectivity index (χ4v) is 5.21. The number of likely N-dealkylation sites (tertiary alicyclic amines) is 1. The van der Waals surface area contributed by atoms with E-state index in [1.165, 1.54) is 12.1 Å². The Balaban J connectivity index is 1.46. The molecular weight excluding hydrogens is 397 g/mol. The summed E-state index contributed by atoms with van der Waals surface area (Å²) in [4.78, 5) is 17.4. The maximum absolute atomic E-state index is 13.4. The number of rotatable bonds is 4. The van der Waals surface area contributed by atoms with Crippen molar-refractivity contribution in [3.05, 3.63) is 53.8 Å². The maximum atomic E-state index is 13.4. The molecule has 2 aromatic rings. The van der Waals surface area contributed by atoms with Gasteiger partial charge >= 0.3 is 0 Å². The fourth-order valence-electron chi connectivity index (χ4n) is 5.21. The molecule has 3 heterocycles. The van der Waals surface area contributed by atoms with Crippen molar-refractivity contribution in [2.75, 3.05) is 51.3 Å². The molecule has 2 N–H and O–H groups in total. The maximum Gasteiger partial charge on any atom is 0.237 e. The van der Waals surface area contributed by atoms with Gasteiger partial charge in [0.05, 0.1) is 38.4 Å². The van der Waals surface area contributed by atoms with Gasteiger partial charge in [0.1, 0.15) is 5.82 Å². The van der Waals surface area contributed by atoms with Crippen molar-refractivity contribution in [3.8, 4) is 11.1 Å². The van der Waals surface area contributed by atoms with Crippen LogP contribution in [-0.4, -0.2) is 72.9 Å². The highest BCUT2D eigenvalue weighted by molar-refractivity contribution is 5.80. The molecule has 0 spiro atoms. The van der Waals surface area contributed by atoms with Gasteiger partial charge in [0.15, 0.2) is 0 Å². The Morgan fingerprint density at radius 1 is 1.10 bits per heavy atom. The number of halogens is 1. The minimum absolute atomic E-state index is 0.0335. The van der Waals surface area contributed by atoms with Crippen LogP contribution in [0.25, 0.3) is 11.1 Å². The highest BCUT2D eigenvalue weighted by Gasteiger charge is 2.45. The number of carbonyl (C=O) groups is 1. The SMILES string of the molecule is O=C(CN1CCOCC1)N1CC[C@@H]2[C@@H](CO)Nc3ccc(-c4ccc(F)cc4)cc3[C@@H]21. The number of nitrogens with zero attached hydrogens (tertiary/aromatic N) is 2. The van der Waals surface area contributed by atoms with Crippen LogP contribution in [0.15, 0.2) is 42.5 Å². The largest absolute Gasteiger partial charge is 0.394 e. The highest BCUT2D eigenvalue weighted by Crippen LogP contribution is 2.47. The van der Waals surface area contributed by atoms with E-state index in [-0.39, 0.29) is 36.3 Å². The van der Waals surface area contributed by atoms with E-state index >= 15 is 0 Å². The highest BCUT2D eigenvalue weighted by atomic mass is 19.1. The summed E-state index contributed by atoms with van der Waals surface area (Å²) in [5.41, 5.74) is 3.96. The zero-order chi connectivity index (χ0) is 21.4. The van der Waals surface area contributed by atoms with Gasteiger partial charge in [-0.15, -0.1) is 0 Å². The number of aliphatic hydroxyl groups is 1. The van der Waals surface area contributed by atoms with Crippen molar-refractivity contribution >= 4 is 11.6 Å². The number of hydrogen-bond acceptors (Lipinski definition) is 5. The minimum Gasteiger partial charge on any atom is -0.394 e. The van der Waals surface area contributed by atoms with E-state index in [4.69, 9.17) is 4.74 Å². The lowest BCUT2D eigenvalue weighted by atomic mass is 9.82. The number of hydrogen-bond donors (Lipinski definition) is 2. The van der Waals surface area contributed by atoms with Gasteiger partial charge in [-0.2, -0.15) is 0 Å². The third-order valence-corrected chi connectivity index (χ3v) is 6.83. The van der Waals surface area contributed by atoms with E-state index < -0.39 is 0 Å². The van der Waals surface area contributed by atoms with Gasteiger partial charge in [-0.1, -0.05) is 18.2 Å². The molecule has 2 aromatic carbocycles. The van der Waals surface area contributed by atoms with Crippen LogP contribution in [-0.2, 0) is 9.53 Å². The van der Waals surface area contributed by atoms with Crippen molar-refractivity contribution in [2.45, 2.75) is 18.5 Å². The smallest absolute Gasteiger partial charge is 0.237 e. The van der Waals surface area contributed by atoms with Crippen LogP contribution in [0.4, 0.5) is 10.1 Å². The van der Waals surface area contributed by atoms with Crippen LogP contribution in [0, 0.1) is 11.7 Å². The molecule has 164 valence electrons. The summed E-state index contributed by atoms with van der Waals surface area (Å²) in [7, 11) is 0. The molecule has 3 aliphatic heterocycles. The zero-order valence-corrected chi connectivity index (χ0v) is 17.5.